The predicted molar refractivity (Wildman–Crippen MR) is 90.8 cm³/mol. The van der Waals surface area contributed by atoms with E-state index in [2.05, 4.69) is 20.6 Å². The SMILES string of the molecule is CCc1nc(-c2cc3c(cc2F)C(NC(=O)c2cnn(C)c2)CC3)no1. The minimum absolute atomic E-state index is 0.216. The highest BCUT2D eigenvalue weighted by molar-refractivity contribution is 5.94. The number of hydrogen-bond donors (Lipinski definition) is 1. The molecule has 0 saturated heterocycles. The Labute approximate surface area is 149 Å². The van der Waals surface area contributed by atoms with Gasteiger partial charge in [-0.15, -0.1) is 0 Å². The lowest BCUT2D eigenvalue weighted by Crippen LogP contribution is -2.26. The van der Waals surface area contributed by atoms with Crippen molar-refractivity contribution in [3.8, 4) is 11.4 Å². The number of nitrogens with zero attached hydrogens (tertiary/aromatic N) is 4. The lowest BCUT2D eigenvalue weighted by molar-refractivity contribution is 0.0936. The molecular weight excluding hydrogens is 337 g/mol. The maximum absolute atomic E-state index is 14.6. The van der Waals surface area contributed by atoms with Crippen LogP contribution in [0.4, 0.5) is 4.39 Å². The zero-order valence-electron chi connectivity index (χ0n) is 14.5. The molecule has 4 rings (SSSR count). The Kier molecular flexibility index (Phi) is 4.02. The zero-order chi connectivity index (χ0) is 18.3. The van der Waals surface area contributed by atoms with Gasteiger partial charge in [-0.1, -0.05) is 12.1 Å². The first kappa shape index (κ1) is 16.4. The van der Waals surface area contributed by atoms with Crippen molar-refractivity contribution in [1.29, 1.82) is 0 Å². The van der Waals surface area contributed by atoms with Crippen molar-refractivity contribution in [1.82, 2.24) is 25.2 Å². The number of hydrogen-bond acceptors (Lipinski definition) is 5. The van der Waals surface area contributed by atoms with Crippen molar-refractivity contribution in [3.05, 3.63) is 52.9 Å². The maximum atomic E-state index is 14.6. The fourth-order valence-corrected chi connectivity index (χ4v) is 3.24. The van der Waals surface area contributed by atoms with Gasteiger partial charge in [0.25, 0.3) is 5.91 Å². The number of fused-ring (bicyclic) bond motifs is 1. The molecule has 1 atom stereocenters. The summed E-state index contributed by atoms with van der Waals surface area (Å²) in [6.07, 6.45) is 5.23. The van der Waals surface area contributed by atoms with Gasteiger partial charge in [0.1, 0.15) is 5.82 Å². The molecule has 1 aliphatic carbocycles. The number of aryl methyl sites for hydroxylation is 3. The van der Waals surface area contributed by atoms with Crippen LogP contribution in [0.1, 0.15) is 46.8 Å². The quantitative estimate of drug-likeness (QED) is 0.777. The monoisotopic (exact) mass is 355 g/mol. The second-order valence-electron chi connectivity index (χ2n) is 6.36. The highest BCUT2D eigenvalue weighted by atomic mass is 19.1. The van der Waals surface area contributed by atoms with Gasteiger partial charge < -0.3 is 9.84 Å². The van der Waals surface area contributed by atoms with Crippen LogP contribution in [0.15, 0.2) is 29.0 Å². The van der Waals surface area contributed by atoms with E-state index >= 15 is 0 Å². The second-order valence-corrected chi connectivity index (χ2v) is 6.36. The molecule has 8 heteroatoms. The van der Waals surface area contributed by atoms with Gasteiger partial charge in [0.2, 0.25) is 11.7 Å². The van der Waals surface area contributed by atoms with Crippen molar-refractivity contribution in [3.63, 3.8) is 0 Å². The Bertz CT molecular complexity index is 978. The average Bonchev–Trinajstić information content (AvgIpc) is 3.34. The lowest BCUT2D eigenvalue weighted by Gasteiger charge is -2.14. The van der Waals surface area contributed by atoms with Crippen molar-refractivity contribution in [2.24, 2.45) is 7.05 Å². The van der Waals surface area contributed by atoms with Crippen molar-refractivity contribution in [2.75, 3.05) is 0 Å². The summed E-state index contributed by atoms with van der Waals surface area (Å²) in [5, 5.41) is 10.8. The minimum Gasteiger partial charge on any atom is -0.345 e. The normalized spacial score (nSPS) is 15.9. The fraction of sp³-hybridized carbons (Fsp3) is 0.333. The van der Waals surface area contributed by atoms with Crippen LogP contribution in [0.25, 0.3) is 11.4 Å². The van der Waals surface area contributed by atoms with Crippen LogP contribution in [-0.4, -0.2) is 25.8 Å². The Hall–Kier alpha value is -3.03. The molecule has 1 amide bonds. The topological polar surface area (TPSA) is 85.8 Å². The van der Waals surface area contributed by atoms with Crippen molar-refractivity contribution >= 4 is 5.91 Å². The molecule has 1 unspecified atom stereocenters. The van der Waals surface area contributed by atoms with E-state index in [-0.39, 0.29) is 17.8 Å². The van der Waals surface area contributed by atoms with Gasteiger partial charge >= 0.3 is 0 Å². The van der Waals surface area contributed by atoms with Gasteiger partial charge in [-0.2, -0.15) is 10.1 Å². The molecule has 7 nitrogen and oxygen atoms in total. The molecule has 1 N–H and O–H groups in total. The largest absolute Gasteiger partial charge is 0.345 e. The van der Waals surface area contributed by atoms with Crippen LogP contribution < -0.4 is 5.32 Å². The third-order valence-corrected chi connectivity index (χ3v) is 4.59. The number of amides is 1. The molecule has 2 heterocycles. The molecule has 134 valence electrons. The van der Waals surface area contributed by atoms with Gasteiger partial charge in [0.05, 0.1) is 23.4 Å². The number of aromatic nitrogens is 4. The van der Waals surface area contributed by atoms with E-state index in [4.69, 9.17) is 4.52 Å². The summed E-state index contributed by atoms with van der Waals surface area (Å²) in [4.78, 5) is 16.5. The van der Waals surface area contributed by atoms with Crippen LogP contribution in [0.2, 0.25) is 0 Å². The number of carbonyl (C=O) groups excluding carboxylic acids is 1. The molecule has 3 aromatic rings. The van der Waals surface area contributed by atoms with E-state index in [0.29, 0.717) is 23.4 Å². The lowest BCUT2D eigenvalue weighted by atomic mass is 10.0. The highest BCUT2D eigenvalue weighted by Gasteiger charge is 2.27. The molecule has 0 spiro atoms. The average molecular weight is 355 g/mol. The van der Waals surface area contributed by atoms with Crippen LogP contribution >= 0.6 is 0 Å². The van der Waals surface area contributed by atoms with Gasteiger partial charge in [0.15, 0.2) is 0 Å². The standard InChI is InChI=1S/C18H18FN5O2/c1-3-16-22-17(23-26-16)13-6-10-4-5-15(12(10)7-14(13)19)21-18(25)11-8-20-24(2)9-11/h6-9,15H,3-5H2,1-2H3,(H,21,25). The molecule has 0 aliphatic heterocycles. The Balaban J connectivity index is 1.59. The van der Waals surface area contributed by atoms with E-state index in [0.717, 1.165) is 24.0 Å². The minimum atomic E-state index is -0.422. The summed E-state index contributed by atoms with van der Waals surface area (Å²) < 4.78 is 21.3. The summed E-state index contributed by atoms with van der Waals surface area (Å²) in [6, 6.07) is 3.00. The summed E-state index contributed by atoms with van der Waals surface area (Å²) >= 11 is 0. The van der Waals surface area contributed by atoms with Crippen LogP contribution in [0.5, 0.6) is 0 Å². The van der Waals surface area contributed by atoms with Crippen LogP contribution in [0, 0.1) is 5.82 Å². The van der Waals surface area contributed by atoms with E-state index < -0.39 is 5.82 Å². The van der Waals surface area contributed by atoms with E-state index in [1.807, 2.05) is 6.92 Å². The Morgan fingerprint density at radius 2 is 2.31 bits per heavy atom. The van der Waals surface area contributed by atoms with Gasteiger partial charge in [-0.3, -0.25) is 9.48 Å². The first-order valence-corrected chi connectivity index (χ1v) is 8.50. The van der Waals surface area contributed by atoms with Crippen LogP contribution in [-0.2, 0) is 19.9 Å². The first-order valence-electron chi connectivity index (χ1n) is 8.50. The Morgan fingerprint density at radius 3 is 3.00 bits per heavy atom. The predicted octanol–water partition coefficient (Wildman–Crippen LogP) is 2.59. The molecule has 0 bridgehead atoms. The Morgan fingerprint density at radius 1 is 1.46 bits per heavy atom. The maximum Gasteiger partial charge on any atom is 0.254 e. The third kappa shape index (κ3) is 2.87. The number of halogens is 1. The highest BCUT2D eigenvalue weighted by Crippen LogP contribution is 2.35. The molecule has 0 radical (unpaired) electrons. The van der Waals surface area contributed by atoms with E-state index in [1.54, 1.807) is 24.0 Å². The molecule has 0 saturated carbocycles. The third-order valence-electron chi connectivity index (χ3n) is 4.59. The number of nitrogens with one attached hydrogen (secondary N) is 1. The molecule has 1 aliphatic rings. The summed E-state index contributed by atoms with van der Waals surface area (Å²) in [5.41, 5.74) is 2.59. The summed E-state index contributed by atoms with van der Waals surface area (Å²) in [7, 11) is 1.75. The van der Waals surface area contributed by atoms with E-state index in [9.17, 15) is 9.18 Å². The number of rotatable bonds is 4. The zero-order valence-corrected chi connectivity index (χ0v) is 14.5. The smallest absolute Gasteiger partial charge is 0.254 e. The van der Waals surface area contributed by atoms with Gasteiger partial charge in [-0.05, 0) is 36.1 Å². The first-order chi connectivity index (χ1) is 12.5. The molecule has 26 heavy (non-hydrogen) atoms. The van der Waals surface area contributed by atoms with Gasteiger partial charge in [-0.25, -0.2) is 4.39 Å². The second kappa shape index (κ2) is 6.36. The number of carbonyl (C=O) groups is 1. The van der Waals surface area contributed by atoms with Crippen LogP contribution in [0.3, 0.4) is 0 Å². The molecule has 2 aromatic heterocycles. The summed E-state index contributed by atoms with van der Waals surface area (Å²) in [6.45, 7) is 1.89. The summed E-state index contributed by atoms with van der Waals surface area (Å²) in [5.74, 6) is 0.0902. The fourth-order valence-electron chi connectivity index (χ4n) is 3.24. The van der Waals surface area contributed by atoms with E-state index in [1.165, 1.54) is 12.3 Å². The number of benzene rings is 1. The molecule has 1 aromatic carbocycles. The molecule has 0 fully saturated rings. The van der Waals surface area contributed by atoms with Crippen molar-refractivity contribution < 1.29 is 13.7 Å². The van der Waals surface area contributed by atoms with Crippen molar-refractivity contribution in [2.45, 2.75) is 32.2 Å². The van der Waals surface area contributed by atoms with Gasteiger partial charge in [0, 0.05) is 19.7 Å². The molecular formula is C18H18FN5O2.